The van der Waals surface area contributed by atoms with Crippen LogP contribution in [0.3, 0.4) is 0 Å². The van der Waals surface area contributed by atoms with Crippen molar-refractivity contribution in [3.63, 3.8) is 0 Å². The number of sulfonamides is 1. The maximum atomic E-state index is 13.8. The van der Waals surface area contributed by atoms with Crippen molar-refractivity contribution in [1.82, 2.24) is 0 Å². The van der Waals surface area contributed by atoms with Gasteiger partial charge < -0.3 is 5.32 Å². The molecule has 0 spiro atoms. The summed E-state index contributed by atoms with van der Waals surface area (Å²) in [6, 6.07) is 5.84. The molecule has 0 radical (unpaired) electrons. The Bertz CT molecular complexity index is 1020. The van der Waals surface area contributed by atoms with Crippen molar-refractivity contribution in [3.05, 3.63) is 57.3 Å². The van der Waals surface area contributed by atoms with Crippen LogP contribution in [0.1, 0.15) is 5.56 Å². The van der Waals surface area contributed by atoms with E-state index in [1.54, 1.807) is 0 Å². The molecule has 0 saturated heterocycles. The Morgan fingerprint density at radius 2 is 1.86 bits per heavy atom. The summed E-state index contributed by atoms with van der Waals surface area (Å²) in [5, 5.41) is 1.86. The molecule has 12 heteroatoms. The highest BCUT2D eigenvalue weighted by atomic mass is 79.9. The second-order valence-corrected chi connectivity index (χ2v) is 8.84. The second kappa shape index (κ2) is 8.26. The lowest BCUT2D eigenvalue weighted by molar-refractivity contribution is -0.137. The molecule has 28 heavy (non-hydrogen) atoms. The summed E-state index contributed by atoms with van der Waals surface area (Å²) in [7, 11) is -4.19. The number of nitrogens with one attached hydrogen (secondary N) is 1. The molecule has 0 atom stereocenters. The molecule has 2 aromatic carbocycles. The maximum absolute atomic E-state index is 13.8. The van der Waals surface area contributed by atoms with Crippen LogP contribution in [0.5, 0.6) is 0 Å². The first-order valence-corrected chi connectivity index (χ1v) is 10.4. The van der Waals surface area contributed by atoms with Crippen LogP contribution in [0.25, 0.3) is 0 Å². The van der Waals surface area contributed by atoms with Crippen LogP contribution in [0.4, 0.5) is 28.9 Å². The van der Waals surface area contributed by atoms with E-state index in [1.165, 1.54) is 12.1 Å². The Hall–Kier alpha value is -1.85. The summed E-state index contributed by atoms with van der Waals surface area (Å²) in [4.78, 5) is 12.2. The summed E-state index contributed by atoms with van der Waals surface area (Å²) in [6.07, 6.45) is -4.04. The molecule has 2 aromatic rings. The van der Waals surface area contributed by atoms with E-state index in [0.717, 1.165) is 12.1 Å². The van der Waals surface area contributed by atoms with Crippen molar-refractivity contribution >= 4 is 54.8 Å². The summed E-state index contributed by atoms with van der Waals surface area (Å²) >= 11 is 8.91. The summed E-state index contributed by atoms with van der Waals surface area (Å²) in [5.74, 6) is -1.76. The van der Waals surface area contributed by atoms with E-state index >= 15 is 0 Å². The predicted molar refractivity (Wildman–Crippen MR) is 101 cm³/mol. The molecule has 0 saturated carbocycles. The van der Waals surface area contributed by atoms with E-state index in [0.29, 0.717) is 27.2 Å². The van der Waals surface area contributed by atoms with Crippen LogP contribution in [0, 0.1) is 5.82 Å². The number of amides is 1. The molecule has 0 aromatic heterocycles. The van der Waals surface area contributed by atoms with Gasteiger partial charge in [-0.3, -0.25) is 9.10 Å². The zero-order valence-electron chi connectivity index (χ0n) is 14.0. The van der Waals surface area contributed by atoms with Crippen molar-refractivity contribution in [1.29, 1.82) is 0 Å². The summed E-state index contributed by atoms with van der Waals surface area (Å²) in [5.41, 5.74) is -1.89. The molecular weight excluding hydrogens is 492 g/mol. The van der Waals surface area contributed by atoms with Crippen molar-refractivity contribution < 1.29 is 30.8 Å². The Kier molecular flexibility index (Phi) is 6.62. The van der Waals surface area contributed by atoms with E-state index in [9.17, 15) is 30.8 Å². The fourth-order valence-corrected chi connectivity index (χ4v) is 3.64. The van der Waals surface area contributed by atoms with Gasteiger partial charge >= 0.3 is 6.18 Å². The van der Waals surface area contributed by atoms with Crippen molar-refractivity contribution in [2.75, 3.05) is 22.4 Å². The molecule has 2 rings (SSSR count). The van der Waals surface area contributed by atoms with Crippen LogP contribution < -0.4 is 9.62 Å². The quantitative estimate of drug-likeness (QED) is 0.604. The van der Waals surface area contributed by atoms with Crippen molar-refractivity contribution in [2.45, 2.75) is 6.18 Å². The van der Waals surface area contributed by atoms with Crippen molar-refractivity contribution in [2.24, 2.45) is 0 Å². The van der Waals surface area contributed by atoms with Crippen molar-refractivity contribution in [3.8, 4) is 0 Å². The van der Waals surface area contributed by atoms with Gasteiger partial charge in [0.05, 0.1) is 28.2 Å². The number of rotatable bonds is 5. The minimum absolute atomic E-state index is 0.225. The second-order valence-electron chi connectivity index (χ2n) is 5.61. The number of hydrogen-bond acceptors (Lipinski definition) is 3. The molecule has 0 unspecified atom stereocenters. The fraction of sp³-hybridized carbons (Fsp3) is 0.188. The molecule has 0 bridgehead atoms. The fourth-order valence-electron chi connectivity index (χ4n) is 2.17. The molecule has 1 amide bonds. The van der Waals surface area contributed by atoms with Gasteiger partial charge in [-0.25, -0.2) is 12.8 Å². The number of hydrogen-bond donors (Lipinski definition) is 1. The average Bonchev–Trinajstić information content (AvgIpc) is 2.54. The standard InChI is InChI=1S/C16H12BrClF4N2O3S/c1-28(26,27)24(14-6-9(16(20,21)22)2-4-11(14)18)8-15(25)23-13-5-3-10(17)7-12(13)19/h2-7H,8H2,1H3,(H,23,25). The topological polar surface area (TPSA) is 66.5 Å². The predicted octanol–water partition coefficient (Wildman–Crippen LogP) is 4.67. The average molecular weight is 504 g/mol. The maximum Gasteiger partial charge on any atom is 0.416 e. The highest BCUT2D eigenvalue weighted by Crippen LogP contribution is 2.36. The minimum atomic E-state index is -4.74. The molecule has 1 N–H and O–H groups in total. The van der Waals surface area contributed by atoms with E-state index in [2.05, 4.69) is 21.2 Å². The van der Waals surface area contributed by atoms with Gasteiger partial charge in [-0.15, -0.1) is 0 Å². The van der Waals surface area contributed by atoms with Gasteiger partial charge in [0.25, 0.3) is 0 Å². The van der Waals surface area contributed by atoms with Gasteiger partial charge in [0.2, 0.25) is 15.9 Å². The molecule has 0 fully saturated rings. The van der Waals surface area contributed by atoms with Gasteiger partial charge in [-0.2, -0.15) is 13.2 Å². The van der Waals surface area contributed by atoms with Crippen LogP contribution in [-0.4, -0.2) is 27.1 Å². The number of nitrogens with zero attached hydrogens (tertiary/aromatic N) is 1. The van der Waals surface area contributed by atoms with Gasteiger partial charge in [0.15, 0.2) is 0 Å². The molecule has 5 nitrogen and oxygen atoms in total. The lowest BCUT2D eigenvalue weighted by Gasteiger charge is -2.24. The highest BCUT2D eigenvalue weighted by Gasteiger charge is 2.33. The molecule has 0 aliphatic carbocycles. The Morgan fingerprint density at radius 1 is 1.21 bits per heavy atom. The van der Waals surface area contributed by atoms with Crippen LogP contribution in [0.2, 0.25) is 5.02 Å². The number of anilines is 2. The molecule has 0 aliphatic rings. The lowest BCUT2D eigenvalue weighted by atomic mass is 10.2. The van der Waals surface area contributed by atoms with Crippen LogP contribution in [0.15, 0.2) is 40.9 Å². The molecule has 152 valence electrons. The Labute approximate surface area is 171 Å². The van der Waals surface area contributed by atoms with Crippen LogP contribution >= 0.6 is 27.5 Å². The Morgan fingerprint density at radius 3 is 2.39 bits per heavy atom. The number of carbonyl (C=O) groups is 1. The number of carbonyl (C=O) groups excluding carboxylic acids is 1. The van der Waals surface area contributed by atoms with E-state index < -0.39 is 45.7 Å². The highest BCUT2D eigenvalue weighted by molar-refractivity contribution is 9.10. The first kappa shape index (κ1) is 22.4. The number of alkyl halides is 3. The zero-order chi connectivity index (χ0) is 21.3. The van der Waals surface area contributed by atoms with Gasteiger partial charge in [-0.05, 0) is 36.4 Å². The van der Waals surface area contributed by atoms with Gasteiger partial charge in [-0.1, -0.05) is 27.5 Å². The first-order valence-electron chi connectivity index (χ1n) is 7.38. The molecular formula is C16H12BrClF4N2O3S. The number of halogens is 6. The number of benzene rings is 2. The minimum Gasteiger partial charge on any atom is -0.322 e. The molecule has 0 heterocycles. The normalized spacial score (nSPS) is 12.0. The summed E-state index contributed by atoms with van der Waals surface area (Å²) < 4.78 is 77.7. The van der Waals surface area contributed by atoms with Crippen LogP contribution in [-0.2, 0) is 21.0 Å². The monoisotopic (exact) mass is 502 g/mol. The third kappa shape index (κ3) is 5.58. The largest absolute Gasteiger partial charge is 0.416 e. The van der Waals surface area contributed by atoms with Gasteiger partial charge in [0, 0.05) is 4.47 Å². The van der Waals surface area contributed by atoms with Gasteiger partial charge in [0.1, 0.15) is 12.4 Å². The zero-order valence-corrected chi connectivity index (χ0v) is 17.2. The first-order chi connectivity index (χ1) is 12.8. The molecule has 0 aliphatic heterocycles. The van der Waals surface area contributed by atoms with E-state index in [1.807, 2.05) is 0 Å². The third-order valence-electron chi connectivity index (χ3n) is 3.43. The SMILES string of the molecule is CS(=O)(=O)N(CC(=O)Nc1ccc(Br)cc1F)c1cc(C(F)(F)F)ccc1Cl. The summed E-state index contributed by atoms with van der Waals surface area (Å²) in [6.45, 7) is -0.907. The van der Waals surface area contributed by atoms with E-state index in [4.69, 9.17) is 11.6 Å². The lowest BCUT2D eigenvalue weighted by Crippen LogP contribution is -2.38. The third-order valence-corrected chi connectivity index (χ3v) is 5.37. The van der Waals surface area contributed by atoms with E-state index in [-0.39, 0.29) is 10.7 Å². The Balaban J connectivity index is 2.37. The smallest absolute Gasteiger partial charge is 0.322 e.